The Kier molecular flexibility index (Phi) is 6.45. The van der Waals surface area contributed by atoms with Gasteiger partial charge in [-0.15, -0.1) is 10.2 Å². The second-order valence-electron chi connectivity index (χ2n) is 7.21. The van der Waals surface area contributed by atoms with E-state index in [4.69, 9.17) is 9.15 Å². The van der Waals surface area contributed by atoms with E-state index in [0.717, 1.165) is 31.5 Å². The van der Waals surface area contributed by atoms with E-state index in [9.17, 15) is 4.79 Å². The maximum atomic E-state index is 12.9. The van der Waals surface area contributed by atoms with Gasteiger partial charge in [0.15, 0.2) is 0 Å². The molecule has 1 saturated carbocycles. The van der Waals surface area contributed by atoms with E-state index in [0.29, 0.717) is 23.6 Å². The average Bonchev–Trinajstić information content (AvgIpc) is 3.34. The number of benzene rings is 1. The highest BCUT2D eigenvalue weighted by Crippen LogP contribution is 2.29. The van der Waals surface area contributed by atoms with Crippen LogP contribution in [0.2, 0.25) is 0 Å². The third-order valence-electron chi connectivity index (χ3n) is 4.98. The smallest absolute Gasteiger partial charge is 0.251 e. The molecule has 0 radical (unpaired) electrons. The summed E-state index contributed by atoms with van der Waals surface area (Å²) >= 11 is 0. The molecule has 0 unspecified atom stereocenters. The summed E-state index contributed by atoms with van der Waals surface area (Å²) in [6, 6.07) is 7.80. The predicted molar refractivity (Wildman–Crippen MR) is 103 cm³/mol. The number of carbonyl (C=O) groups is 1. The Labute approximate surface area is 160 Å². The van der Waals surface area contributed by atoms with Crippen LogP contribution in [-0.4, -0.2) is 66.2 Å². The first-order chi connectivity index (χ1) is 13.1. The Morgan fingerprint density at radius 2 is 1.93 bits per heavy atom. The Morgan fingerprint density at radius 1 is 1.19 bits per heavy atom. The van der Waals surface area contributed by atoms with E-state index in [1.165, 1.54) is 12.8 Å². The Bertz CT molecular complexity index is 753. The molecule has 7 heteroatoms. The summed E-state index contributed by atoms with van der Waals surface area (Å²) in [5, 5.41) is 8.19. The SMILES string of the molecule is COc1ccccc1-c1nnc(CC(=O)N(CCN(C)C)C2CCCC2)o1. The van der Waals surface area contributed by atoms with Crippen LogP contribution in [0.15, 0.2) is 28.7 Å². The van der Waals surface area contributed by atoms with Gasteiger partial charge >= 0.3 is 0 Å². The summed E-state index contributed by atoms with van der Waals surface area (Å²) in [6.07, 6.45) is 4.67. The maximum absolute atomic E-state index is 12.9. The number of likely N-dealkylation sites (N-methyl/N-ethyl adjacent to an activating group) is 1. The summed E-state index contributed by atoms with van der Waals surface area (Å²) in [4.78, 5) is 17.0. The zero-order valence-corrected chi connectivity index (χ0v) is 16.4. The molecule has 1 aliphatic carbocycles. The predicted octanol–water partition coefficient (Wildman–Crippen LogP) is 2.62. The van der Waals surface area contributed by atoms with Gasteiger partial charge in [-0.05, 0) is 39.1 Å². The first-order valence-corrected chi connectivity index (χ1v) is 9.48. The first kappa shape index (κ1) is 19.4. The van der Waals surface area contributed by atoms with Crippen molar-refractivity contribution in [2.75, 3.05) is 34.3 Å². The molecule has 3 rings (SSSR count). The molecule has 0 spiro atoms. The second kappa shape index (κ2) is 8.99. The van der Waals surface area contributed by atoms with E-state index in [1.54, 1.807) is 7.11 Å². The van der Waals surface area contributed by atoms with E-state index < -0.39 is 0 Å². The van der Waals surface area contributed by atoms with E-state index in [2.05, 4.69) is 15.1 Å². The van der Waals surface area contributed by atoms with Crippen molar-refractivity contribution in [3.8, 4) is 17.2 Å². The van der Waals surface area contributed by atoms with Gasteiger partial charge in [0.2, 0.25) is 11.8 Å². The normalized spacial score (nSPS) is 14.7. The van der Waals surface area contributed by atoms with Crippen LogP contribution in [0.3, 0.4) is 0 Å². The third-order valence-corrected chi connectivity index (χ3v) is 4.98. The summed E-state index contributed by atoms with van der Waals surface area (Å²) in [6.45, 7) is 1.57. The van der Waals surface area contributed by atoms with E-state index >= 15 is 0 Å². The van der Waals surface area contributed by atoms with Gasteiger partial charge in [0.25, 0.3) is 5.89 Å². The fourth-order valence-corrected chi connectivity index (χ4v) is 3.52. The van der Waals surface area contributed by atoms with Gasteiger partial charge in [-0.2, -0.15) is 0 Å². The summed E-state index contributed by atoms with van der Waals surface area (Å²) in [5.41, 5.74) is 0.728. The fraction of sp³-hybridized carbons (Fsp3) is 0.550. The number of methoxy groups -OCH3 is 1. The monoisotopic (exact) mass is 372 g/mol. The highest BCUT2D eigenvalue weighted by Gasteiger charge is 2.27. The minimum absolute atomic E-state index is 0.0546. The summed E-state index contributed by atoms with van der Waals surface area (Å²) in [5.74, 6) is 1.43. The molecule has 1 amide bonds. The molecule has 1 heterocycles. The van der Waals surface area contributed by atoms with Gasteiger partial charge in [-0.1, -0.05) is 25.0 Å². The number of hydrogen-bond acceptors (Lipinski definition) is 6. The highest BCUT2D eigenvalue weighted by atomic mass is 16.5. The molecule has 7 nitrogen and oxygen atoms in total. The molecule has 0 N–H and O–H groups in total. The van der Waals surface area contributed by atoms with Crippen LogP contribution in [0, 0.1) is 0 Å². The van der Waals surface area contributed by atoms with Crippen molar-refractivity contribution in [2.45, 2.75) is 38.1 Å². The number of hydrogen-bond donors (Lipinski definition) is 0. The van der Waals surface area contributed by atoms with E-state index in [1.807, 2.05) is 43.3 Å². The van der Waals surface area contributed by atoms with Crippen molar-refractivity contribution in [3.63, 3.8) is 0 Å². The lowest BCUT2D eigenvalue weighted by Crippen LogP contribution is -2.43. The standard InChI is InChI=1S/C20H28N4O3/c1-23(2)12-13-24(15-8-4-5-9-15)19(25)14-18-21-22-20(27-18)16-10-6-7-11-17(16)26-3/h6-7,10-11,15H,4-5,8-9,12-14H2,1-3H3. The Balaban J connectivity index is 1.71. The molecule has 27 heavy (non-hydrogen) atoms. The minimum Gasteiger partial charge on any atom is -0.496 e. The zero-order valence-electron chi connectivity index (χ0n) is 16.4. The lowest BCUT2D eigenvalue weighted by Gasteiger charge is -2.30. The van der Waals surface area contributed by atoms with Crippen LogP contribution in [-0.2, 0) is 11.2 Å². The molecule has 0 saturated heterocycles. The number of aromatic nitrogens is 2. The van der Waals surface area contributed by atoms with Crippen molar-refractivity contribution in [1.29, 1.82) is 0 Å². The van der Waals surface area contributed by atoms with Gasteiger partial charge in [0.05, 0.1) is 12.7 Å². The number of nitrogens with zero attached hydrogens (tertiary/aromatic N) is 4. The molecule has 146 valence electrons. The van der Waals surface area contributed by atoms with Gasteiger partial charge in [0.1, 0.15) is 12.2 Å². The van der Waals surface area contributed by atoms with Gasteiger partial charge < -0.3 is 19.0 Å². The summed E-state index contributed by atoms with van der Waals surface area (Å²) < 4.78 is 11.1. The number of carbonyl (C=O) groups excluding carboxylic acids is 1. The van der Waals surface area contributed by atoms with Crippen molar-refractivity contribution in [1.82, 2.24) is 20.0 Å². The highest BCUT2D eigenvalue weighted by molar-refractivity contribution is 5.78. The van der Waals surface area contributed by atoms with Crippen molar-refractivity contribution < 1.29 is 13.9 Å². The molecule has 1 aromatic heterocycles. The van der Waals surface area contributed by atoms with Crippen molar-refractivity contribution in [3.05, 3.63) is 30.2 Å². The molecule has 0 bridgehead atoms. The Hall–Kier alpha value is -2.41. The molecule has 1 aromatic carbocycles. The zero-order chi connectivity index (χ0) is 19.2. The minimum atomic E-state index is 0.0546. The first-order valence-electron chi connectivity index (χ1n) is 9.48. The average molecular weight is 372 g/mol. The lowest BCUT2D eigenvalue weighted by atomic mass is 10.2. The molecular formula is C20H28N4O3. The third kappa shape index (κ3) is 4.86. The van der Waals surface area contributed by atoms with Crippen LogP contribution >= 0.6 is 0 Å². The molecule has 0 aliphatic heterocycles. The number of ether oxygens (including phenoxy) is 1. The van der Waals surface area contributed by atoms with Crippen LogP contribution in [0.5, 0.6) is 5.75 Å². The van der Waals surface area contributed by atoms with Gasteiger partial charge in [0, 0.05) is 19.1 Å². The van der Waals surface area contributed by atoms with Crippen LogP contribution in [0.25, 0.3) is 11.5 Å². The largest absolute Gasteiger partial charge is 0.496 e. The lowest BCUT2D eigenvalue weighted by molar-refractivity contribution is -0.133. The fourth-order valence-electron chi connectivity index (χ4n) is 3.52. The van der Waals surface area contributed by atoms with E-state index in [-0.39, 0.29) is 12.3 Å². The second-order valence-corrected chi connectivity index (χ2v) is 7.21. The van der Waals surface area contributed by atoms with Crippen LogP contribution in [0.1, 0.15) is 31.6 Å². The molecule has 2 aromatic rings. The molecular weight excluding hydrogens is 344 g/mol. The van der Waals surface area contributed by atoms with Crippen molar-refractivity contribution in [2.24, 2.45) is 0 Å². The molecule has 0 atom stereocenters. The molecule has 1 aliphatic rings. The topological polar surface area (TPSA) is 71.7 Å². The maximum Gasteiger partial charge on any atom is 0.251 e. The van der Waals surface area contributed by atoms with Crippen LogP contribution < -0.4 is 4.74 Å². The van der Waals surface area contributed by atoms with Crippen LogP contribution in [0.4, 0.5) is 0 Å². The number of amides is 1. The van der Waals surface area contributed by atoms with Gasteiger partial charge in [-0.3, -0.25) is 4.79 Å². The molecule has 1 fully saturated rings. The number of rotatable bonds is 8. The Morgan fingerprint density at radius 3 is 2.63 bits per heavy atom. The number of para-hydroxylation sites is 1. The summed E-state index contributed by atoms with van der Waals surface area (Å²) in [7, 11) is 5.65. The quantitative estimate of drug-likeness (QED) is 0.709. The van der Waals surface area contributed by atoms with Crippen molar-refractivity contribution >= 4 is 5.91 Å². The van der Waals surface area contributed by atoms with Gasteiger partial charge in [-0.25, -0.2) is 0 Å².